The second-order valence-electron chi connectivity index (χ2n) is 11.2. The number of nitrogens with one attached hydrogen (secondary N) is 1. The number of aliphatic hydroxyl groups excluding tert-OH is 1. The Bertz CT molecular complexity index is 1790. The molecule has 2 aliphatic rings. The number of pyridine rings is 2. The number of cyclic esters (lactones) is 1. The first-order valence-electron chi connectivity index (χ1n) is 14.3. The zero-order valence-electron chi connectivity index (χ0n) is 23.8. The fourth-order valence-electron chi connectivity index (χ4n) is 5.42. The number of rotatable bonds is 9. The third-order valence-electron chi connectivity index (χ3n) is 7.73. The van der Waals surface area contributed by atoms with Crippen LogP contribution >= 0.6 is 0 Å². The molecule has 5 aromatic rings. The smallest absolute Gasteiger partial charge is 0.341 e. The minimum absolute atomic E-state index is 0.157. The Morgan fingerprint density at radius 1 is 0.977 bits per heavy atom. The van der Waals surface area contributed by atoms with Crippen LogP contribution in [0.4, 0.5) is 23.0 Å². The fraction of sp³-hybridized carbons (Fsp3) is 0.242. The van der Waals surface area contributed by atoms with Gasteiger partial charge in [0.15, 0.2) is 0 Å². The van der Waals surface area contributed by atoms with Gasteiger partial charge in [0.25, 0.3) is 5.89 Å². The molecule has 1 atom stereocenters. The Morgan fingerprint density at radius 2 is 1.72 bits per heavy atom. The van der Waals surface area contributed by atoms with Crippen molar-refractivity contribution in [2.45, 2.75) is 44.2 Å². The van der Waals surface area contributed by atoms with E-state index in [-0.39, 0.29) is 12.6 Å². The molecule has 0 spiro atoms. The number of benzene rings is 2. The Morgan fingerprint density at radius 3 is 2.44 bits per heavy atom. The molecule has 4 heterocycles. The van der Waals surface area contributed by atoms with Gasteiger partial charge in [0.2, 0.25) is 5.89 Å². The molecule has 1 fully saturated rings. The molecule has 0 bridgehead atoms. The molecule has 0 saturated heterocycles. The number of aromatic nitrogens is 4. The van der Waals surface area contributed by atoms with Crippen molar-refractivity contribution in [3.63, 3.8) is 0 Å². The second-order valence-corrected chi connectivity index (χ2v) is 11.2. The average molecular weight is 575 g/mol. The number of para-hydroxylation sites is 1. The lowest BCUT2D eigenvalue weighted by molar-refractivity contribution is 0.00834. The zero-order valence-corrected chi connectivity index (χ0v) is 23.8. The molecular weight excluding hydrogens is 544 g/mol. The van der Waals surface area contributed by atoms with Gasteiger partial charge in [0.05, 0.1) is 29.5 Å². The maximum absolute atomic E-state index is 12.3. The molecule has 1 aliphatic carbocycles. The Balaban J connectivity index is 1.36. The van der Waals surface area contributed by atoms with Crippen LogP contribution in [0, 0.1) is 0 Å². The van der Waals surface area contributed by atoms with Crippen LogP contribution in [0.25, 0.3) is 11.5 Å². The Hall–Kier alpha value is -5.09. The summed E-state index contributed by atoms with van der Waals surface area (Å²) in [5.41, 5.74) is 3.31. The summed E-state index contributed by atoms with van der Waals surface area (Å²) in [6, 6.07) is 24.6. The van der Waals surface area contributed by atoms with E-state index in [9.17, 15) is 9.90 Å². The number of ether oxygens (including phenoxy) is 1. The van der Waals surface area contributed by atoms with Crippen LogP contribution in [-0.2, 0) is 10.3 Å². The molecule has 2 aromatic carbocycles. The molecule has 10 heteroatoms. The third kappa shape index (κ3) is 5.10. The number of aliphatic hydroxyl groups is 1. The summed E-state index contributed by atoms with van der Waals surface area (Å²) >= 11 is 0. The van der Waals surface area contributed by atoms with Gasteiger partial charge in [-0.15, -0.1) is 10.2 Å². The predicted molar refractivity (Wildman–Crippen MR) is 160 cm³/mol. The number of nitrogens with zero attached hydrogens (tertiary/aromatic N) is 5. The van der Waals surface area contributed by atoms with Gasteiger partial charge in [-0.3, -0.25) is 0 Å². The van der Waals surface area contributed by atoms with Gasteiger partial charge in [-0.2, -0.15) is 0 Å². The lowest BCUT2D eigenvalue weighted by Crippen LogP contribution is -2.27. The molecule has 1 saturated carbocycles. The molecule has 0 radical (unpaired) electrons. The standard InChI is InChI=1S/C33H30N6O4/c1-33(2)29-23(32(41)43-33)15-16-27(36-29)35-28-17-25(24(18-34-28)31-38-37-30(42-31)21-13-14-21)39(22-11-7-4-8-12-22)26(19-40)20-9-5-3-6-10-20/h3-12,15-18,21,26,40H,13-14,19H2,1-2H3,(H,34,35,36)/t26-/m1/s1. The number of hydrogen-bond donors (Lipinski definition) is 2. The van der Waals surface area contributed by atoms with Crippen molar-refractivity contribution in [2.75, 3.05) is 16.8 Å². The van der Waals surface area contributed by atoms with E-state index in [0.29, 0.717) is 51.8 Å². The fourth-order valence-corrected chi connectivity index (χ4v) is 5.42. The van der Waals surface area contributed by atoms with E-state index in [1.165, 1.54) is 0 Å². The Labute approximate surface area is 248 Å². The van der Waals surface area contributed by atoms with E-state index in [4.69, 9.17) is 19.1 Å². The molecule has 2 N–H and O–H groups in total. The van der Waals surface area contributed by atoms with E-state index in [1.807, 2.05) is 80.6 Å². The van der Waals surface area contributed by atoms with Crippen LogP contribution in [-0.4, -0.2) is 37.8 Å². The third-order valence-corrected chi connectivity index (χ3v) is 7.73. The summed E-state index contributed by atoms with van der Waals surface area (Å²) < 4.78 is 11.6. The highest BCUT2D eigenvalue weighted by Crippen LogP contribution is 2.44. The van der Waals surface area contributed by atoms with Gasteiger partial charge in [-0.1, -0.05) is 48.5 Å². The number of esters is 1. The first-order valence-corrected chi connectivity index (χ1v) is 14.3. The maximum Gasteiger partial charge on any atom is 0.341 e. The number of carbonyl (C=O) groups excluding carboxylic acids is 1. The van der Waals surface area contributed by atoms with Crippen molar-refractivity contribution in [2.24, 2.45) is 0 Å². The van der Waals surface area contributed by atoms with Crippen LogP contribution < -0.4 is 10.2 Å². The quantitative estimate of drug-likeness (QED) is 0.190. The second kappa shape index (κ2) is 10.6. The van der Waals surface area contributed by atoms with Crippen molar-refractivity contribution in [3.8, 4) is 11.5 Å². The molecular formula is C33H30N6O4. The van der Waals surface area contributed by atoms with Gasteiger partial charge < -0.3 is 24.5 Å². The van der Waals surface area contributed by atoms with Gasteiger partial charge >= 0.3 is 5.97 Å². The molecule has 216 valence electrons. The largest absolute Gasteiger partial charge is 0.449 e. The summed E-state index contributed by atoms with van der Waals surface area (Å²) in [5, 5.41) is 22.8. The zero-order chi connectivity index (χ0) is 29.6. The van der Waals surface area contributed by atoms with Crippen molar-refractivity contribution in [3.05, 3.63) is 108 Å². The molecule has 3 aromatic heterocycles. The first kappa shape index (κ1) is 26.8. The van der Waals surface area contributed by atoms with Gasteiger partial charge in [0, 0.05) is 23.9 Å². The van der Waals surface area contributed by atoms with E-state index in [2.05, 4.69) is 20.4 Å². The van der Waals surface area contributed by atoms with E-state index < -0.39 is 11.6 Å². The van der Waals surface area contributed by atoms with Crippen molar-refractivity contribution >= 4 is 29.0 Å². The topological polar surface area (TPSA) is 126 Å². The maximum atomic E-state index is 12.3. The molecule has 1 aliphatic heterocycles. The lowest BCUT2D eigenvalue weighted by Gasteiger charge is -2.34. The van der Waals surface area contributed by atoms with Crippen LogP contribution in [0.3, 0.4) is 0 Å². The molecule has 10 nitrogen and oxygen atoms in total. The van der Waals surface area contributed by atoms with E-state index in [0.717, 1.165) is 24.1 Å². The minimum Gasteiger partial charge on any atom is -0.449 e. The minimum atomic E-state index is -0.835. The summed E-state index contributed by atoms with van der Waals surface area (Å²) in [4.78, 5) is 23.7. The summed E-state index contributed by atoms with van der Waals surface area (Å²) in [6.45, 7) is 3.47. The normalized spacial score (nSPS) is 15.9. The predicted octanol–water partition coefficient (Wildman–Crippen LogP) is 6.42. The van der Waals surface area contributed by atoms with E-state index >= 15 is 0 Å². The van der Waals surface area contributed by atoms with Crippen LogP contribution in [0.5, 0.6) is 0 Å². The number of fused-ring (bicyclic) bond motifs is 1. The van der Waals surface area contributed by atoms with Crippen molar-refractivity contribution in [1.82, 2.24) is 20.2 Å². The highest BCUT2D eigenvalue weighted by atomic mass is 16.6. The van der Waals surface area contributed by atoms with Crippen LogP contribution in [0.1, 0.15) is 66.2 Å². The first-order chi connectivity index (χ1) is 20.9. The van der Waals surface area contributed by atoms with Crippen LogP contribution in [0.15, 0.2) is 89.5 Å². The molecule has 7 rings (SSSR count). The summed E-state index contributed by atoms with van der Waals surface area (Å²) in [6.07, 6.45) is 3.77. The molecule has 0 amide bonds. The number of carbonyl (C=O) groups is 1. The van der Waals surface area contributed by atoms with Gasteiger partial charge in [-0.05, 0) is 56.5 Å². The van der Waals surface area contributed by atoms with Crippen molar-refractivity contribution in [1.29, 1.82) is 0 Å². The van der Waals surface area contributed by atoms with Gasteiger partial charge in [-0.25, -0.2) is 14.8 Å². The van der Waals surface area contributed by atoms with Gasteiger partial charge in [0.1, 0.15) is 22.9 Å². The highest BCUT2D eigenvalue weighted by Gasteiger charge is 2.39. The summed E-state index contributed by atoms with van der Waals surface area (Å²) in [7, 11) is 0. The summed E-state index contributed by atoms with van der Waals surface area (Å²) in [5.74, 6) is 1.90. The lowest BCUT2D eigenvalue weighted by atomic mass is 10.0. The number of hydrogen-bond acceptors (Lipinski definition) is 10. The average Bonchev–Trinajstić information content (AvgIpc) is 3.71. The highest BCUT2D eigenvalue weighted by molar-refractivity contribution is 5.94. The number of anilines is 4. The van der Waals surface area contributed by atoms with E-state index in [1.54, 1.807) is 18.3 Å². The van der Waals surface area contributed by atoms with Crippen LogP contribution in [0.2, 0.25) is 0 Å². The van der Waals surface area contributed by atoms with Crippen molar-refractivity contribution < 1.29 is 19.1 Å². The monoisotopic (exact) mass is 574 g/mol. The Kier molecular flexibility index (Phi) is 6.62. The molecule has 43 heavy (non-hydrogen) atoms. The SMILES string of the molecule is CC1(C)OC(=O)c2ccc(Nc3cc(N(c4ccccc4)[C@H](CO)c4ccccc4)c(-c4nnc(C5CC5)o4)cn3)nc21. The molecule has 0 unspecified atom stereocenters.